The minimum Gasteiger partial charge on any atom is -0.353 e. The third-order valence-corrected chi connectivity index (χ3v) is 2.71. The van der Waals surface area contributed by atoms with Crippen molar-refractivity contribution in [1.82, 2.24) is 5.32 Å². The number of nitrogens with zero attached hydrogens (tertiary/aromatic N) is 4. The molecule has 0 aliphatic carbocycles. The maximum absolute atomic E-state index is 4.37. The minimum absolute atomic E-state index is 0.712. The van der Waals surface area contributed by atoms with E-state index in [1.165, 1.54) is 0 Å². The smallest absolute Gasteiger partial charge is 0.176 e. The van der Waals surface area contributed by atoms with E-state index in [0.29, 0.717) is 5.82 Å². The van der Waals surface area contributed by atoms with E-state index in [1.54, 1.807) is 12.4 Å². The number of hydrogen-bond donors (Lipinski definition) is 1. The highest BCUT2D eigenvalue weighted by Crippen LogP contribution is 2.22. The van der Waals surface area contributed by atoms with Crippen LogP contribution in [0.25, 0.3) is 0 Å². The molecule has 0 unspecified atom stereocenters. The SMILES string of the molecule is CC1=N/C(=C2/CC=C/C(=C3/N=CC(C)=N3)N2)N=C1. The molecule has 5 heteroatoms. The predicted octanol–water partition coefficient (Wildman–Crippen LogP) is 1.96. The van der Waals surface area contributed by atoms with Gasteiger partial charge in [-0.05, 0) is 19.9 Å². The summed E-state index contributed by atoms with van der Waals surface area (Å²) in [6.45, 7) is 3.86. The highest BCUT2D eigenvalue weighted by molar-refractivity contribution is 6.31. The lowest BCUT2D eigenvalue weighted by Crippen LogP contribution is -2.17. The van der Waals surface area contributed by atoms with Crippen LogP contribution < -0.4 is 5.32 Å². The first kappa shape index (κ1) is 10.8. The molecule has 3 aliphatic rings. The van der Waals surface area contributed by atoms with E-state index >= 15 is 0 Å². The molecule has 90 valence electrons. The molecule has 1 N–H and O–H groups in total. The van der Waals surface area contributed by atoms with Gasteiger partial charge >= 0.3 is 0 Å². The van der Waals surface area contributed by atoms with Crippen molar-refractivity contribution >= 4 is 23.9 Å². The quantitative estimate of drug-likeness (QED) is 0.690. The van der Waals surface area contributed by atoms with Crippen LogP contribution in [0, 0.1) is 0 Å². The lowest BCUT2D eigenvalue weighted by atomic mass is 10.2. The summed E-state index contributed by atoms with van der Waals surface area (Å²) in [6.07, 6.45) is 8.39. The Morgan fingerprint density at radius 3 is 2.28 bits per heavy atom. The summed E-state index contributed by atoms with van der Waals surface area (Å²) in [4.78, 5) is 17.3. The van der Waals surface area contributed by atoms with Gasteiger partial charge in [-0.25, -0.2) is 20.0 Å². The molecule has 5 nitrogen and oxygen atoms in total. The van der Waals surface area contributed by atoms with Gasteiger partial charge in [0.05, 0.1) is 35.2 Å². The zero-order valence-corrected chi connectivity index (χ0v) is 10.3. The third kappa shape index (κ3) is 1.95. The van der Waals surface area contributed by atoms with Crippen molar-refractivity contribution in [2.45, 2.75) is 20.3 Å². The molecular weight excluding hydrogens is 226 g/mol. The van der Waals surface area contributed by atoms with Crippen molar-refractivity contribution in [2.75, 3.05) is 0 Å². The molecule has 0 aromatic carbocycles. The van der Waals surface area contributed by atoms with Gasteiger partial charge in [-0.2, -0.15) is 0 Å². The molecule has 0 radical (unpaired) electrons. The van der Waals surface area contributed by atoms with Crippen LogP contribution in [0.4, 0.5) is 0 Å². The highest BCUT2D eigenvalue weighted by Gasteiger charge is 2.15. The van der Waals surface area contributed by atoms with Crippen molar-refractivity contribution in [3.05, 3.63) is 35.2 Å². The van der Waals surface area contributed by atoms with Crippen molar-refractivity contribution < 1.29 is 0 Å². The minimum atomic E-state index is 0.712. The summed E-state index contributed by atoms with van der Waals surface area (Å²) in [5.41, 5.74) is 3.73. The number of hydrogen-bond acceptors (Lipinski definition) is 5. The Morgan fingerprint density at radius 1 is 1.00 bits per heavy atom. The fraction of sp³-hybridized carbons (Fsp3) is 0.231. The Balaban J connectivity index is 1.96. The fourth-order valence-corrected chi connectivity index (χ4v) is 1.86. The Morgan fingerprint density at radius 2 is 1.67 bits per heavy atom. The van der Waals surface area contributed by atoms with E-state index in [4.69, 9.17) is 0 Å². The normalized spacial score (nSPS) is 29.7. The van der Waals surface area contributed by atoms with Gasteiger partial charge in [0.25, 0.3) is 0 Å². The van der Waals surface area contributed by atoms with Crippen molar-refractivity contribution in [1.29, 1.82) is 0 Å². The largest absolute Gasteiger partial charge is 0.353 e. The summed E-state index contributed by atoms with van der Waals surface area (Å²) in [6, 6.07) is 0. The molecule has 3 rings (SSSR count). The van der Waals surface area contributed by atoms with Gasteiger partial charge in [0.2, 0.25) is 0 Å². The zero-order valence-electron chi connectivity index (χ0n) is 10.3. The second-order valence-corrected chi connectivity index (χ2v) is 4.29. The highest BCUT2D eigenvalue weighted by atomic mass is 15.1. The summed E-state index contributed by atoms with van der Waals surface area (Å²) >= 11 is 0. The maximum atomic E-state index is 4.37. The summed E-state index contributed by atoms with van der Waals surface area (Å²) < 4.78 is 0. The molecule has 0 spiro atoms. The predicted molar refractivity (Wildman–Crippen MR) is 74.1 cm³/mol. The lowest BCUT2D eigenvalue weighted by molar-refractivity contribution is 0.867. The van der Waals surface area contributed by atoms with Gasteiger partial charge in [-0.15, -0.1) is 0 Å². The molecular formula is C13H13N5. The van der Waals surface area contributed by atoms with Crippen LogP contribution in [0.3, 0.4) is 0 Å². The van der Waals surface area contributed by atoms with Crippen LogP contribution in [-0.4, -0.2) is 23.9 Å². The molecule has 18 heavy (non-hydrogen) atoms. The summed E-state index contributed by atoms with van der Waals surface area (Å²) in [7, 11) is 0. The average molecular weight is 239 g/mol. The first-order chi connectivity index (χ1) is 8.72. The lowest BCUT2D eigenvalue weighted by Gasteiger charge is -2.15. The molecule has 0 fully saturated rings. The Bertz CT molecular complexity index is 611. The first-order valence-corrected chi connectivity index (χ1v) is 5.82. The topological polar surface area (TPSA) is 61.5 Å². The van der Waals surface area contributed by atoms with E-state index in [0.717, 1.165) is 35.1 Å². The summed E-state index contributed by atoms with van der Waals surface area (Å²) in [5, 5.41) is 3.31. The van der Waals surface area contributed by atoms with Crippen LogP contribution in [0.5, 0.6) is 0 Å². The van der Waals surface area contributed by atoms with Gasteiger partial charge in [-0.1, -0.05) is 6.08 Å². The zero-order chi connectivity index (χ0) is 12.5. The standard InChI is InChI=1S/C13H13N5/c1-8-6-14-12(16-8)10-4-3-5-11(18-10)13-15-7-9(2)17-13/h3-4,6-7,18H,5H2,1-2H3/b12-10+,13-11-. The molecule has 3 aliphatic heterocycles. The van der Waals surface area contributed by atoms with Gasteiger partial charge in [0.1, 0.15) is 0 Å². The van der Waals surface area contributed by atoms with Crippen molar-refractivity contribution in [3.63, 3.8) is 0 Å². The fourth-order valence-electron chi connectivity index (χ4n) is 1.86. The van der Waals surface area contributed by atoms with E-state index < -0.39 is 0 Å². The van der Waals surface area contributed by atoms with Gasteiger partial charge in [0.15, 0.2) is 11.6 Å². The monoisotopic (exact) mass is 239 g/mol. The third-order valence-electron chi connectivity index (χ3n) is 2.71. The maximum Gasteiger partial charge on any atom is 0.176 e. The molecule has 0 saturated carbocycles. The molecule has 0 aromatic heterocycles. The molecule has 3 heterocycles. The number of nitrogens with one attached hydrogen (secondary N) is 1. The second kappa shape index (κ2) is 4.18. The Hall–Kier alpha value is -2.30. The molecule has 0 amide bonds. The molecule has 0 bridgehead atoms. The molecule has 0 aromatic rings. The van der Waals surface area contributed by atoms with E-state index in [2.05, 4.69) is 31.4 Å². The van der Waals surface area contributed by atoms with Crippen molar-refractivity contribution in [2.24, 2.45) is 20.0 Å². The molecule has 0 atom stereocenters. The average Bonchev–Trinajstić information content (AvgIpc) is 2.98. The Labute approximate surface area is 105 Å². The number of aliphatic imine (C=N–C) groups is 4. The van der Waals surface area contributed by atoms with E-state index in [1.807, 2.05) is 19.9 Å². The van der Waals surface area contributed by atoms with E-state index in [-0.39, 0.29) is 0 Å². The van der Waals surface area contributed by atoms with Crippen LogP contribution in [0.15, 0.2) is 55.2 Å². The van der Waals surface area contributed by atoms with Crippen LogP contribution in [-0.2, 0) is 0 Å². The van der Waals surface area contributed by atoms with Crippen LogP contribution in [0.1, 0.15) is 20.3 Å². The van der Waals surface area contributed by atoms with Gasteiger partial charge in [0, 0.05) is 6.42 Å². The van der Waals surface area contributed by atoms with Crippen LogP contribution >= 0.6 is 0 Å². The van der Waals surface area contributed by atoms with E-state index in [9.17, 15) is 0 Å². The first-order valence-electron chi connectivity index (χ1n) is 5.82. The second-order valence-electron chi connectivity index (χ2n) is 4.29. The van der Waals surface area contributed by atoms with Gasteiger partial charge in [-0.3, -0.25) is 0 Å². The summed E-state index contributed by atoms with van der Waals surface area (Å²) in [5.74, 6) is 1.46. The molecule has 0 saturated heterocycles. The Kier molecular flexibility index (Phi) is 2.51. The number of rotatable bonds is 0. The van der Waals surface area contributed by atoms with Crippen molar-refractivity contribution in [3.8, 4) is 0 Å². The van der Waals surface area contributed by atoms with Gasteiger partial charge < -0.3 is 5.32 Å². The number of allylic oxidation sites excluding steroid dienone is 2. The van der Waals surface area contributed by atoms with Crippen LogP contribution in [0.2, 0.25) is 0 Å².